The van der Waals surface area contributed by atoms with E-state index in [1.165, 1.54) is 42.4 Å². The number of carbonyl (C=O) groups excluding carboxylic acids is 1. The molecule has 0 radical (unpaired) electrons. The van der Waals surface area contributed by atoms with Crippen molar-refractivity contribution >= 4 is 23.5 Å². The van der Waals surface area contributed by atoms with Crippen LogP contribution in [0.3, 0.4) is 0 Å². The third-order valence-corrected chi connectivity index (χ3v) is 5.43. The van der Waals surface area contributed by atoms with Crippen molar-refractivity contribution in [3.8, 4) is 5.75 Å². The van der Waals surface area contributed by atoms with Crippen LogP contribution in [0, 0.1) is 17.1 Å². The van der Waals surface area contributed by atoms with Crippen molar-refractivity contribution < 1.29 is 13.9 Å². The molecule has 1 atom stereocenters. The van der Waals surface area contributed by atoms with Crippen LogP contribution < -0.4 is 10.1 Å². The number of halogens is 2. The van der Waals surface area contributed by atoms with Crippen molar-refractivity contribution in [3.63, 3.8) is 0 Å². The largest absolute Gasteiger partial charge is 0.489 e. The van der Waals surface area contributed by atoms with Gasteiger partial charge in [-0.05, 0) is 30.5 Å². The lowest BCUT2D eigenvalue weighted by atomic mass is 9.79. The van der Waals surface area contributed by atoms with Gasteiger partial charge < -0.3 is 10.1 Å². The van der Waals surface area contributed by atoms with Crippen molar-refractivity contribution in [2.75, 3.05) is 13.7 Å². The SMILES string of the molecule is CN1C(=N)NC(COc2ccc(F)cc2Cl)(CC2CCCCC2)C1=O. The first kappa shape index (κ1) is 18.0. The molecule has 1 aromatic rings. The number of hydrogen-bond donors (Lipinski definition) is 2. The molecular weight excluding hydrogens is 345 g/mol. The quantitative estimate of drug-likeness (QED) is 0.836. The van der Waals surface area contributed by atoms with E-state index in [0.717, 1.165) is 12.8 Å². The molecule has 1 saturated carbocycles. The number of ether oxygens (including phenoxy) is 1. The third-order valence-electron chi connectivity index (χ3n) is 5.14. The predicted octanol–water partition coefficient (Wildman–Crippen LogP) is 3.56. The van der Waals surface area contributed by atoms with Crippen LogP contribution in [0.1, 0.15) is 38.5 Å². The first-order chi connectivity index (χ1) is 11.9. The number of carbonyl (C=O) groups is 1. The van der Waals surface area contributed by atoms with E-state index in [9.17, 15) is 9.18 Å². The van der Waals surface area contributed by atoms with Gasteiger partial charge in [-0.15, -0.1) is 0 Å². The van der Waals surface area contributed by atoms with E-state index in [4.69, 9.17) is 21.7 Å². The zero-order valence-electron chi connectivity index (χ0n) is 14.3. The van der Waals surface area contributed by atoms with E-state index in [0.29, 0.717) is 18.1 Å². The van der Waals surface area contributed by atoms with E-state index >= 15 is 0 Å². The fraction of sp³-hybridized carbons (Fsp3) is 0.556. The van der Waals surface area contributed by atoms with Crippen molar-refractivity contribution in [2.24, 2.45) is 5.92 Å². The van der Waals surface area contributed by atoms with Crippen LogP contribution >= 0.6 is 11.6 Å². The summed E-state index contributed by atoms with van der Waals surface area (Å²) in [6.07, 6.45) is 6.38. The Morgan fingerprint density at radius 2 is 2.12 bits per heavy atom. The summed E-state index contributed by atoms with van der Waals surface area (Å²) in [6.45, 7) is 0.0560. The average molecular weight is 368 g/mol. The number of rotatable bonds is 5. The Balaban J connectivity index is 1.79. The highest BCUT2D eigenvalue weighted by atomic mass is 35.5. The summed E-state index contributed by atoms with van der Waals surface area (Å²) in [6, 6.07) is 3.91. The molecule has 25 heavy (non-hydrogen) atoms. The van der Waals surface area contributed by atoms with E-state index < -0.39 is 11.4 Å². The molecule has 2 N–H and O–H groups in total. The second kappa shape index (κ2) is 7.20. The van der Waals surface area contributed by atoms with Crippen LogP contribution in [0.5, 0.6) is 5.75 Å². The van der Waals surface area contributed by atoms with Crippen LogP contribution in [-0.2, 0) is 4.79 Å². The number of likely N-dealkylation sites (N-methyl/N-ethyl adjacent to an activating group) is 1. The summed E-state index contributed by atoms with van der Waals surface area (Å²) in [7, 11) is 1.59. The van der Waals surface area contributed by atoms with Gasteiger partial charge >= 0.3 is 0 Å². The maximum atomic E-state index is 13.2. The first-order valence-electron chi connectivity index (χ1n) is 8.64. The summed E-state index contributed by atoms with van der Waals surface area (Å²) in [5.74, 6) is 0.236. The van der Waals surface area contributed by atoms with Gasteiger partial charge in [-0.2, -0.15) is 0 Å². The lowest BCUT2D eigenvalue weighted by Gasteiger charge is -2.32. The Bertz CT molecular complexity index is 678. The second-order valence-corrected chi connectivity index (χ2v) is 7.40. The lowest BCUT2D eigenvalue weighted by Crippen LogP contribution is -2.53. The third kappa shape index (κ3) is 3.73. The van der Waals surface area contributed by atoms with E-state index in [1.54, 1.807) is 7.05 Å². The van der Waals surface area contributed by atoms with Crippen LogP contribution in [0.15, 0.2) is 18.2 Å². The Hall–Kier alpha value is -1.82. The Kier molecular flexibility index (Phi) is 5.18. The molecule has 1 aliphatic carbocycles. The molecule has 3 rings (SSSR count). The average Bonchev–Trinajstić information content (AvgIpc) is 2.79. The van der Waals surface area contributed by atoms with Crippen LogP contribution in [-0.4, -0.2) is 36.0 Å². The van der Waals surface area contributed by atoms with Crippen molar-refractivity contribution in [3.05, 3.63) is 29.0 Å². The van der Waals surface area contributed by atoms with Gasteiger partial charge in [0.2, 0.25) is 0 Å². The molecule has 1 aliphatic heterocycles. The van der Waals surface area contributed by atoms with Gasteiger partial charge in [0, 0.05) is 7.05 Å². The maximum absolute atomic E-state index is 13.2. The van der Waals surface area contributed by atoms with Gasteiger partial charge in [-0.1, -0.05) is 43.7 Å². The van der Waals surface area contributed by atoms with Crippen molar-refractivity contribution in [2.45, 2.75) is 44.1 Å². The molecule has 0 aromatic heterocycles. The summed E-state index contributed by atoms with van der Waals surface area (Å²) in [5, 5.41) is 11.2. The molecule has 5 nitrogen and oxygen atoms in total. The molecular formula is C18H23ClFN3O2. The van der Waals surface area contributed by atoms with Gasteiger partial charge in [0.05, 0.1) is 5.02 Å². The monoisotopic (exact) mass is 367 g/mol. The van der Waals surface area contributed by atoms with E-state index in [2.05, 4.69) is 5.32 Å². The van der Waals surface area contributed by atoms with Gasteiger partial charge in [0.1, 0.15) is 18.2 Å². The fourth-order valence-electron chi connectivity index (χ4n) is 3.76. The van der Waals surface area contributed by atoms with E-state index in [1.807, 2.05) is 0 Å². The van der Waals surface area contributed by atoms with Crippen molar-refractivity contribution in [1.82, 2.24) is 10.2 Å². The zero-order chi connectivity index (χ0) is 18.0. The summed E-state index contributed by atoms with van der Waals surface area (Å²) in [5.41, 5.74) is -0.967. The van der Waals surface area contributed by atoms with Gasteiger partial charge in [0.25, 0.3) is 5.91 Å². The van der Waals surface area contributed by atoms with Crippen molar-refractivity contribution in [1.29, 1.82) is 5.41 Å². The molecule has 1 aromatic carbocycles. The highest BCUT2D eigenvalue weighted by Crippen LogP contribution is 2.34. The Morgan fingerprint density at radius 1 is 1.40 bits per heavy atom. The van der Waals surface area contributed by atoms with Gasteiger partial charge in [0.15, 0.2) is 11.5 Å². The molecule has 1 saturated heterocycles. The number of benzene rings is 1. The molecule has 2 fully saturated rings. The van der Waals surface area contributed by atoms with Crippen LogP contribution in [0.4, 0.5) is 4.39 Å². The van der Waals surface area contributed by atoms with E-state index in [-0.39, 0.29) is 23.5 Å². The van der Waals surface area contributed by atoms with Crippen LogP contribution in [0.25, 0.3) is 0 Å². The van der Waals surface area contributed by atoms with Gasteiger partial charge in [-0.25, -0.2) is 4.39 Å². The molecule has 1 unspecified atom stereocenters. The van der Waals surface area contributed by atoms with Crippen LogP contribution in [0.2, 0.25) is 5.02 Å². The minimum Gasteiger partial charge on any atom is -0.489 e. The predicted molar refractivity (Wildman–Crippen MR) is 94.5 cm³/mol. The second-order valence-electron chi connectivity index (χ2n) is 6.99. The topological polar surface area (TPSA) is 65.4 Å². The first-order valence-corrected chi connectivity index (χ1v) is 9.02. The number of hydrogen-bond acceptors (Lipinski definition) is 3. The lowest BCUT2D eigenvalue weighted by molar-refractivity contribution is -0.132. The minimum absolute atomic E-state index is 0.0560. The summed E-state index contributed by atoms with van der Waals surface area (Å²) >= 11 is 6.02. The normalized spacial score (nSPS) is 24.5. The highest BCUT2D eigenvalue weighted by molar-refractivity contribution is 6.32. The fourth-order valence-corrected chi connectivity index (χ4v) is 3.98. The standard InChI is InChI=1S/C18H23ClFN3O2/c1-23-16(24)18(22-17(23)21,10-12-5-3-2-4-6-12)11-25-15-8-7-13(20)9-14(15)19/h7-9,12H,2-6,10-11H2,1H3,(H2,21,22). The number of guanidine groups is 1. The minimum atomic E-state index is -0.967. The molecule has 0 spiro atoms. The number of nitrogens with zero attached hydrogens (tertiary/aromatic N) is 1. The molecule has 1 heterocycles. The zero-order valence-corrected chi connectivity index (χ0v) is 15.0. The summed E-state index contributed by atoms with van der Waals surface area (Å²) in [4.78, 5) is 14.1. The van der Waals surface area contributed by atoms with Gasteiger partial charge in [-0.3, -0.25) is 15.1 Å². The molecule has 1 amide bonds. The maximum Gasteiger partial charge on any atom is 0.258 e. The molecule has 7 heteroatoms. The molecule has 136 valence electrons. The summed E-state index contributed by atoms with van der Waals surface area (Å²) < 4.78 is 19.0. The number of amides is 1. The Labute approximate surface area is 152 Å². The smallest absolute Gasteiger partial charge is 0.258 e. The highest BCUT2D eigenvalue weighted by Gasteiger charge is 2.50. The number of nitrogens with one attached hydrogen (secondary N) is 2. The molecule has 2 aliphatic rings. The molecule has 0 bridgehead atoms. The Morgan fingerprint density at radius 3 is 2.72 bits per heavy atom.